The SMILES string of the molecule is Cc1ccc2c(c1)OC(C(=O)O)CC2=O. The number of rotatable bonds is 1. The number of benzene rings is 1. The van der Waals surface area contributed by atoms with E-state index in [0.717, 1.165) is 5.56 Å². The summed E-state index contributed by atoms with van der Waals surface area (Å²) >= 11 is 0. The zero-order valence-electron chi connectivity index (χ0n) is 8.19. The number of ether oxygens (including phenoxy) is 1. The highest BCUT2D eigenvalue weighted by molar-refractivity contribution is 6.02. The molecule has 1 aromatic carbocycles. The summed E-state index contributed by atoms with van der Waals surface area (Å²) in [5.41, 5.74) is 1.41. The highest BCUT2D eigenvalue weighted by Gasteiger charge is 2.30. The van der Waals surface area contributed by atoms with E-state index in [1.807, 2.05) is 6.92 Å². The maximum absolute atomic E-state index is 11.6. The molecule has 1 aliphatic heterocycles. The maximum Gasteiger partial charge on any atom is 0.345 e. The van der Waals surface area contributed by atoms with Crippen LogP contribution in [0.4, 0.5) is 0 Å². The molecule has 1 aliphatic rings. The van der Waals surface area contributed by atoms with Crippen LogP contribution in [0.25, 0.3) is 0 Å². The van der Waals surface area contributed by atoms with E-state index in [9.17, 15) is 9.59 Å². The van der Waals surface area contributed by atoms with Gasteiger partial charge in [-0.1, -0.05) is 6.07 Å². The van der Waals surface area contributed by atoms with E-state index < -0.39 is 12.1 Å². The van der Waals surface area contributed by atoms with Gasteiger partial charge in [0.15, 0.2) is 5.78 Å². The molecule has 4 heteroatoms. The van der Waals surface area contributed by atoms with Crippen molar-refractivity contribution in [2.45, 2.75) is 19.4 Å². The van der Waals surface area contributed by atoms with Crippen LogP contribution in [0.2, 0.25) is 0 Å². The van der Waals surface area contributed by atoms with Crippen molar-refractivity contribution < 1.29 is 19.4 Å². The number of aliphatic carboxylic acids is 1. The molecular formula is C11H10O4. The lowest BCUT2D eigenvalue weighted by atomic mass is 9.99. The van der Waals surface area contributed by atoms with E-state index in [1.54, 1.807) is 18.2 Å². The summed E-state index contributed by atoms with van der Waals surface area (Å²) in [7, 11) is 0. The smallest absolute Gasteiger partial charge is 0.345 e. The summed E-state index contributed by atoms with van der Waals surface area (Å²) in [6.45, 7) is 1.86. The topological polar surface area (TPSA) is 63.6 Å². The van der Waals surface area contributed by atoms with Crippen molar-refractivity contribution in [2.24, 2.45) is 0 Å². The van der Waals surface area contributed by atoms with E-state index in [0.29, 0.717) is 11.3 Å². The number of carboxylic acid groups (broad SMARTS) is 1. The van der Waals surface area contributed by atoms with Crippen molar-refractivity contribution in [3.8, 4) is 5.75 Å². The van der Waals surface area contributed by atoms with E-state index in [2.05, 4.69) is 0 Å². The van der Waals surface area contributed by atoms with E-state index in [1.165, 1.54) is 0 Å². The van der Waals surface area contributed by atoms with Crippen molar-refractivity contribution in [1.82, 2.24) is 0 Å². The lowest BCUT2D eigenvalue weighted by Gasteiger charge is -2.22. The van der Waals surface area contributed by atoms with Crippen molar-refractivity contribution in [1.29, 1.82) is 0 Å². The average molecular weight is 206 g/mol. The van der Waals surface area contributed by atoms with Crippen LogP contribution in [0, 0.1) is 6.92 Å². The Morgan fingerprint density at radius 2 is 2.27 bits per heavy atom. The van der Waals surface area contributed by atoms with E-state index >= 15 is 0 Å². The molecule has 15 heavy (non-hydrogen) atoms. The quantitative estimate of drug-likeness (QED) is 0.754. The van der Waals surface area contributed by atoms with Gasteiger partial charge in [-0.3, -0.25) is 4.79 Å². The lowest BCUT2D eigenvalue weighted by molar-refractivity contribution is -0.145. The number of hydrogen-bond acceptors (Lipinski definition) is 3. The Bertz CT molecular complexity index is 436. The Hall–Kier alpha value is -1.84. The summed E-state index contributed by atoms with van der Waals surface area (Å²) in [5.74, 6) is -0.905. The second-order valence-electron chi connectivity index (χ2n) is 3.57. The number of carbonyl (C=O) groups is 2. The van der Waals surface area contributed by atoms with Crippen LogP contribution in [0.1, 0.15) is 22.3 Å². The first-order chi connectivity index (χ1) is 7.08. The molecule has 1 unspecified atom stereocenters. The Morgan fingerprint density at radius 1 is 1.53 bits per heavy atom. The molecule has 0 aliphatic carbocycles. The fourth-order valence-corrected chi connectivity index (χ4v) is 1.57. The number of aryl methyl sites for hydroxylation is 1. The summed E-state index contributed by atoms with van der Waals surface area (Å²) in [5, 5.41) is 8.77. The van der Waals surface area contributed by atoms with Crippen LogP contribution in [0.5, 0.6) is 5.75 Å². The molecule has 0 fully saturated rings. The molecule has 4 nitrogen and oxygen atoms in total. The van der Waals surface area contributed by atoms with Crippen molar-refractivity contribution in [3.05, 3.63) is 29.3 Å². The molecule has 0 bridgehead atoms. The molecule has 0 amide bonds. The van der Waals surface area contributed by atoms with Crippen LogP contribution < -0.4 is 4.74 Å². The average Bonchev–Trinajstić information content (AvgIpc) is 2.16. The molecule has 1 aromatic rings. The molecule has 78 valence electrons. The first-order valence-corrected chi connectivity index (χ1v) is 4.61. The van der Waals surface area contributed by atoms with Gasteiger partial charge >= 0.3 is 5.97 Å². The van der Waals surface area contributed by atoms with Crippen LogP contribution >= 0.6 is 0 Å². The van der Waals surface area contributed by atoms with Crippen LogP contribution in [-0.2, 0) is 4.79 Å². The number of fused-ring (bicyclic) bond motifs is 1. The Kier molecular flexibility index (Phi) is 2.19. The first kappa shape index (κ1) is 9.71. The van der Waals surface area contributed by atoms with Gasteiger partial charge in [0.25, 0.3) is 0 Å². The van der Waals surface area contributed by atoms with Crippen molar-refractivity contribution >= 4 is 11.8 Å². The summed E-state index contributed by atoms with van der Waals surface area (Å²) in [6, 6.07) is 5.16. The third kappa shape index (κ3) is 1.70. The molecule has 0 radical (unpaired) electrons. The molecule has 1 heterocycles. The molecule has 2 rings (SSSR count). The monoisotopic (exact) mass is 206 g/mol. The summed E-state index contributed by atoms with van der Waals surface area (Å²) < 4.78 is 5.22. The van der Waals surface area contributed by atoms with E-state index in [-0.39, 0.29) is 12.2 Å². The molecule has 0 saturated carbocycles. The van der Waals surface area contributed by atoms with Gasteiger partial charge in [-0.2, -0.15) is 0 Å². The van der Waals surface area contributed by atoms with Crippen LogP contribution in [0.3, 0.4) is 0 Å². The number of Topliss-reactive ketones (excluding diaryl/α,β-unsaturated/α-hetero) is 1. The van der Waals surface area contributed by atoms with Crippen molar-refractivity contribution in [3.63, 3.8) is 0 Å². The number of carbonyl (C=O) groups excluding carboxylic acids is 1. The predicted molar refractivity (Wildman–Crippen MR) is 52.2 cm³/mol. The van der Waals surface area contributed by atoms with Gasteiger partial charge in [0.2, 0.25) is 6.10 Å². The standard InChI is InChI=1S/C11H10O4/c1-6-2-3-7-8(12)5-10(11(13)14)15-9(7)4-6/h2-4,10H,5H2,1H3,(H,13,14). The van der Waals surface area contributed by atoms with Gasteiger partial charge < -0.3 is 9.84 Å². The Balaban J connectivity index is 2.41. The molecule has 0 spiro atoms. The minimum Gasteiger partial charge on any atom is -0.478 e. The zero-order chi connectivity index (χ0) is 11.0. The second kappa shape index (κ2) is 3.38. The van der Waals surface area contributed by atoms with Gasteiger partial charge in [-0.25, -0.2) is 4.79 Å². The maximum atomic E-state index is 11.6. The zero-order valence-corrected chi connectivity index (χ0v) is 8.19. The fraction of sp³-hybridized carbons (Fsp3) is 0.273. The Morgan fingerprint density at radius 3 is 2.93 bits per heavy atom. The molecule has 1 atom stereocenters. The second-order valence-corrected chi connectivity index (χ2v) is 3.57. The van der Waals surface area contributed by atoms with Gasteiger partial charge in [0, 0.05) is 0 Å². The molecule has 1 N–H and O–H groups in total. The highest BCUT2D eigenvalue weighted by atomic mass is 16.5. The largest absolute Gasteiger partial charge is 0.478 e. The molecule has 0 aromatic heterocycles. The van der Waals surface area contributed by atoms with Crippen LogP contribution in [0.15, 0.2) is 18.2 Å². The minimum atomic E-state index is -1.10. The van der Waals surface area contributed by atoms with Gasteiger partial charge in [-0.05, 0) is 24.6 Å². The minimum absolute atomic E-state index is 0.0919. The number of carboxylic acids is 1. The first-order valence-electron chi connectivity index (χ1n) is 4.61. The molecule has 0 saturated heterocycles. The van der Waals surface area contributed by atoms with Gasteiger partial charge in [0.05, 0.1) is 12.0 Å². The normalized spacial score (nSPS) is 19.3. The number of hydrogen-bond donors (Lipinski definition) is 1. The predicted octanol–water partition coefficient (Wildman–Crippen LogP) is 1.41. The Labute approximate surface area is 86.5 Å². The molecular weight excluding hydrogens is 196 g/mol. The number of ketones is 1. The van der Waals surface area contributed by atoms with E-state index in [4.69, 9.17) is 9.84 Å². The summed E-state index contributed by atoms with van der Waals surface area (Å²) in [6.07, 6.45) is -1.14. The van der Waals surface area contributed by atoms with Gasteiger partial charge in [-0.15, -0.1) is 0 Å². The lowest BCUT2D eigenvalue weighted by Crippen LogP contribution is -2.33. The van der Waals surface area contributed by atoms with Crippen molar-refractivity contribution in [2.75, 3.05) is 0 Å². The fourth-order valence-electron chi connectivity index (χ4n) is 1.57. The van der Waals surface area contributed by atoms with Gasteiger partial charge in [0.1, 0.15) is 5.75 Å². The third-order valence-corrected chi connectivity index (χ3v) is 2.35. The summed E-state index contributed by atoms with van der Waals surface area (Å²) in [4.78, 5) is 22.3. The van der Waals surface area contributed by atoms with Crippen LogP contribution in [-0.4, -0.2) is 23.0 Å². The highest BCUT2D eigenvalue weighted by Crippen LogP contribution is 2.28. The third-order valence-electron chi connectivity index (χ3n) is 2.35.